The van der Waals surface area contributed by atoms with Gasteiger partial charge in [-0.15, -0.1) is 0 Å². The largest absolute Gasteiger partial charge is 0.328 e. The SMILES string of the molecule is CC.CCC(C)CN(CC)Cc1cc(Nc2nc(C)cn3c(-c4cnn(CC(C)=O)c4)cnc23)sn1. The summed E-state index contributed by atoms with van der Waals surface area (Å²) in [5, 5.41) is 8.66. The van der Waals surface area contributed by atoms with Crippen LogP contribution in [0.5, 0.6) is 0 Å². The Balaban J connectivity index is 0.00000176. The van der Waals surface area contributed by atoms with E-state index in [4.69, 9.17) is 4.98 Å². The first-order valence-electron chi connectivity index (χ1n) is 12.7. The molecule has 0 aromatic carbocycles. The summed E-state index contributed by atoms with van der Waals surface area (Å²) in [5.41, 5.74) is 4.43. The fourth-order valence-corrected chi connectivity index (χ4v) is 4.54. The van der Waals surface area contributed by atoms with Gasteiger partial charge in [-0.3, -0.25) is 18.8 Å². The van der Waals surface area contributed by atoms with Crippen molar-refractivity contribution < 1.29 is 4.79 Å². The van der Waals surface area contributed by atoms with Crippen molar-refractivity contribution >= 4 is 33.8 Å². The van der Waals surface area contributed by atoms with E-state index in [1.165, 1.54) is 18.0 Å². The van der Waals surface area contributed by atoms with Gasteiger partial charge in [0.2, 0.25) is 0 Å². The van der Waals surface area contributed by atoms with Crippen molar-refractivity contribution in [2.45, 2.75) is 68.0 Å². The van der Waals surface area contributed by atoms with E-state index >= 15 is 0 Å². The Hall–Kier alpha value is -3.11. The summed E-state index contributed by atoms with van der Waals surface area (Å²) in [4.78, 5) is 23.2. The molecule has 0 aliphatic rings. The van der Waals surface area contributed by atoms with E-state index < -0.39 is 0 Å². The van der Waals surface area contributed by atoms with Crippen molar-refractivity contribution in [2.75, 3.05) is 18.4 Å². The van der Waals surface area contributed by atoms with Crippen LogP contribution in [-0.2, 0) is 17.9 Å². The highest BCUT2D eigenvalue weighted by atomic mass is 32.1. The van der Waals surface area contributed by atoms with Crippen LogP contribution in [-0.4, -0.2) is 52.3 Å². The molecule has 0 fully saturated rings. The summed E-state index contributed by atoms with van der Waals surface area (Å²) in [5.74, 6) is 1.42. The number of hydrogen-bond donors (Lipinski definition) is 1. The number of rotatable bonds is 11. The molecule has 4 aromatic heterocycles. The molecule has 0 aliphatic heterocycles. The van der Waals surface area contributed by atoms with Gasteiger partial charge >= 0.3 is 0 Å². The molecule has 10 heteroatoms. The average Bonchev–Trinajstić information content (AvgIpc) is 3.59. The maximum Gasteiger partial charge on any atom is 0.180 e. The standard InChI is InChI=1S/C24H32N8OS.C2H6/c1-6-16(3)11-30(7-2)15-20-8-22(34-29-20)28-23-24-25-10-21(32(24)12-17(4)27-23)19-9-26-31(14-19)13-18(5)33;1-2/h8-10,12,14,16H,6-7,11,13,15H2,1-5H3,(H,27,28);1-2H3. The Bertz CT molecular complexity index is 1270. The minimum atomic E-state index is 0.0604. The van der Waals surface area contributed by atoms with Gasteiger partial charge in [-0.05, 0) is 43.9 Å². The zero-order valence-electron chi connectivity index (χ0n) is 22.4. The topological polar surface area (TPSA) is 93.2 Å². The van der Waals surface area contributed by atoms with E-state index in [9.17, 15) is 4.79 Å². The molecule has 4 heterocycles. The summed E-state index contributed by atoms with van der Waals surface area (Å²) in [6.45, 7) is 17.4. The van der Waals surface area contributed by atoms with E-state index in [0.717, 1.165) is 52.9 Å². The van der Waals surface area contributed by atoms with Crippen molar-refractivity contribution in [2.24, 2.45) is 5.92 Å². The number of ketones is 1. The molecule has 4 rings (SSSR count). The molecule has 0 spiro atoms. The van der Waals surface area contributed by atoms with Crippen LogP contribution in [0, 0.1) is 12.8 Å². The molecule has 1 N–H and O–H groups in total. The Morgan fingerprint density at radius 1 is 1.22 bits per heavy atom. The van der Waals surface area contributed by atoms with Gasteiger partial charge in [-0.1, -0.05) is 41.0 Å². The van der Waals surface area contributed by atoms with Crippen LogP contribution in [0.15, 0.2) is 30.9 Å². The molecule has 0 saturated carbocycles. The first-order chi connectivity index (χ1) is 17.4. The van der Waals surface area contributed by atoms with E-state index in [1.54, 1.807) is 17.8 Å². The van der Waals surface area contributed by atoms with Crippen LogP contribution in [0.1, 0.15) is 59.4 Å². The molecular weight excluding hydrogens is 472 g/mol. The van der Waals surface area contributed by atoms with Gasteiger partial charge in [0.15, 0.2) is 17.2 Å². The second-order valence-corrected chi connectivity index (χ2v) is 9.65. The van der Waals surface area contributed by atoms with Crippen molar-refractivity contribution in [3.8, 4) is 11.3 Å². The Kier molecular flexibility index (Phi) is 9.72. The first kappa shape index (κ1) is 27.5. The molecular formula is C26H38N8OS. The minimum absolute atomic E-state index is 0.0604. The van der Waals surface area contributed by atoms with Crippen LogP contribution in [0.3, 0.4) is 0 Å². The van der Waals surface area contributed by atoms with Crippen molar-refractivity contribution in [3.63, 3.8) is 0 Å². The van der Waals surface area contributed by atoms with Crippen molar-refractivity contribution in [3.05, 3.63) is 42.2 Å². The van der Waals surface area contributed by atoms with E-state index in [0.29, 0.717) is 11.7 Å². The number of imidazole rings is 1. The number of anilines is 2. The zero-order valence-corrected chi connectivity index (χ0v) is 23.3. The summed E-state index contributed by atoms with van der Waals surface area (Å²) in [6.07, 6.45) is 8.56. The Morgan fingerprint density at radius 3 is 2.69 bits per heavy atom. The molecule has 1 atom stereocenters. The highest BCUT2D eigenvalue weighted by Gasteiger charge is 2.15. The number of aryl methyl sites for hydroxylation is 1. The second-order valence-electron chi connectivity index (χ2n) is 8.85. The quantitative estimate of drug-likeness (QED) is 0.281. The number of carbonyl (C=O) groups is 1. The number of Topliss-reactive ketones (excluding diaryl/α,β-unsaturated/α-hetero) is 1. The smallest absolute Gasteiger partial charge is 0.180 e. The number of nitrogens with one attached hydrogen (secondary N) is 1. The number of aromatic nitrogens is 6. The zero-order chi connectivity index (χ0) is 26.2. The monoisotopic (exact) mass is 510 g/mol. The van der Waals surface area contributed by atoms with Crippen molar-refractivity contribution in [1.29, 1.82) is 0 Å². The fraction of sp³-hybridized carbons (Fsp3) is 0.500. The summed E-state index contributed by atoms with van der Waals surface area (Å²) >= 11 is 1.44. The first-order valence-corrected chi connectivity index (χ1v) is 13.5. The third-order valence-electron chi connectivity index (χ3n) is 5.83. The number of fused-ring (bicyclic) bond motifs is 1. The normalized spacial score (nSPS) is 12.0. The summed E-state index contributed by atoms with van der Waals surface area (Å²) in [6, 6.07) is 2.10. The molecule has 4 aromatic rings. The van der Waals surface area contributed by atoms with Crippen LogP contribution < -0.4 is 5.32 Å². The Labute approximate surface area is 217 Å². The lowest BCUT2D eigenvalue weighted by Gasteiger charge is -2.22. The van der Waals surface area contributed by atoms with Gasteiger partial charge in [0.25, 0.3) is 0 Å². The second kappa shape index (κ2) is 12.7. The van der Waals surface area contributed by atoms with Crippen LogP contribution >= 0.6 is 11.5 Å². The van der Waals surface area contributed by atoms with Gasteiger partial charge in [-0.2, -0.15) is 9.47 Å². The summed E-state index contributed by atoms with van der Waals surface area (Å²) in [7, 11) is 0. The highest BCUT2D eigenvalue weighted by Crippen LogP contribution is 2.28. The lowest BCUT2D eigenvalue weighted by molar-refractivity contribution is -0.117. The van der Waals surface area contributed by atoms with Gasteiger partial charge in [0.05, 0.1) is 36.0 Å². The van der Waals surface area contributed by atoms with Crippen LogP contribution in [0.4, 0.5) is 10.8 Å². The maximum atomic E-state index is 11.4. The average molecular weight is 511 g/mol. The highest BCUT2D eigenvalue weighted by molar-refractivity contribution is 7.10. The minimum Gasteiger partial charge on any atom is -0.328 e. The number of nitrogens with zero attached hydrogens (tertiary/aromatic N) is 7. The van der Waals surface area contributed by atoms with Crippen molar-refractivity contribution in [1.82, 2.24) is 33.4 Å². The van der Waals surface area contributed by atoms with Gasteiger partial charge in [-0.25, -0.2) is 9.97 Å². The van der Waals surface area contributed by atoms with Gasteiger partial charge in [0.1, 0.15) is 5.00 Å². The lowest BCUT2D eigenvalue weighted by Crippen LogP contribution is -2.27. The lowest BCUT2D eigenvalue weighted by atomic mass is 10.1. The van der Waals surface area contributed by atoms with Gasteiger partial charge in [0, 0.05) is 31.0 Å². The molecule has 0 aliphatic carbocycles. The van der Waals surface area contributed by atoms with Crippen LogP contribution in [0.25, 0.3) is 16.9 Å². The molecule has 194 valence electrons. The van der Waals surface area contributed by atoms with Crippen LogP contribution in [0.2, 0.25) is 0 Å². The maximum absolute atomic E-state index is 11.4. The third kappa shape index (κ3) is 6.76. The molecule has 9 nitrogen and oxygen atoms in total. The van der Waals surface area contributed by atoms with E-state index in [1.807, 2.05) is 43.8 Å². The predicted molar refractivity (Wildman–Crippen MR) is 147 cm³/mol. The third-order valence-corrected chi connectivity index (χ3v) is 6.57. The molecule has 0 amide bonds. The van der Waals surface area contributed by atoms with E-state index in [-0.39, 0.29) is 12.3 Å². The molecule has 1 unspecified atom stereocenters. The van der Waals surface area contributed by atoms with Gasteiger partial charge < -0.3 is 5.32 Å². The van der Waals surface area contributed by atoms with E-state index in [2.05, 4.69) is 51.5 Å². The Morgan fingerprint density at radius 2 is 2.00 bits per heavy atom. The molecule has 0 saturated heterocycles. The molecule has 0 radical (unpaired) electrons. The number of carbonyl (C=O) groups excluding carboxylic acids is 1. The fourth-order valence-electron chi connectivity index (χ4n) is 3.88. The predicted octanol–water partition coefficient (Wildman–Crippen LogP) is 5.58. The summed E-state index contributed by atoms with van der Waals surface area (Å²) < 4.78 is 8.31. The number of hydrogen-bond acceptors (Lipinski definition) is 8. The molecule has 36 heavy (non-hydrogen) atoms. The molecule has 0 bridgehead atoms.